The van der Waals surface area contributed by atoms with E-state index in [1.54, 1.807) is 0 Å². The Kier molecular flexibility index (Phi) is 8.57. The molecule has 0 atom stereocenters. The molecule has 0 radical (unpaired) electrons. The molecule has 1 fully saturated rings. The number of hydrogen-bond donors (Lipinski definition) is 5. The van der Waals surface area contributed by atoms with Crippen LogP contribution in [0.15, 0.2) is 0 Å². The van der Waals surface area contributed by atoms with E-state index in [0.29, 0.717) is 5.11 Å². The topological polar surface area (TPSA) is 94.3 Å². The third-order valence-corrected chi connectivity index (χ3v) is 3.53. The molecule has 22 heavy (non-hydrogen) atoms. The molecule has 0 aliphatic heterocycles. The van der Waals surface area contributed by atoms with E-state index in [1.807, 2.05) is 13.8 Å². The molecule has 0 spiro atoms. The zero-order valence-electron chi connectivity index (χ0n) is 13.3. The van der Waals surface area contributed by atoms with Crippen molar-refractivity contribution in [3.05, 3.63) is 0 Å². The van der Waals surface area contributed by atoms with Gasteiger partial charge in [0.2, 0.25) is 5.91 Å². The van der Waals surface area contributed by atoms with Gasteiger partial charge in [-0.2, -0.15) is 0 Å². The van der Waals surface area contributed by atoms with Crippen molar-refractivity contribution in [2.24, 2.45) is 0 Å². The third kappa shape index (κ3) is 8.66. The zero-order chi connectivity index (χ0) is 16.4. The van der Waals surface area contributed by atoms with Crippen molar-refractivity contribution >= 4 is 29.3 Å². The first-order chi connectivity index (χ1) is 10.5. The standard InChI is InChI=1S/C14H27N5O2S/c1-10(2)16-14(22)19-18-12(20)8-9-15-13(21)17-11-6-4-3-5-7-11/h10-11H,3-9H2,1-2H3,(H,18,20)(H2,15,17,21)(H2,16,19,22). The van der Waals surface area contributed by atoms with Gasteiger partial charge in [-0.05, 0) is 38.9 Å². The molecule has 0 bridgehead atoms. The Morgan fingerprint density at radius 2 is 1.82 bits per heavy atom. The summed E-state index contributed by atoms with van der Waals surface area (Å²) in [5, 5.41) is 8.94. The fourth-order valence-electron chi connectivity index (χ4n) is 2.26. The Morgan fingerprint density at radius 1 is 1.14 bits per heavy atom. The maximum absolute atomic E-state index is 11.7. The minimum atomic E-state index is -0.231. The Hall–Kier alpha value is -1.57. The highest BCUT2D eigenvalue weighted by molar-refractivity contribution is 7.80. The normalized spacial score (nSPS) is 15.0. The van der Waals surface area contributed by atoms with Crippen LogP contribution >= 0.6 is 12.2 Å². The van der Waals surface area contributed by atoms with Crippen LogP contribution in [0.4, 0.5) is 4.79 Å². The lowest BCUT2D eigenvalue weighted by molar-refractivity contribution is -0.121. The van der Waals surface area contributed by atoms with Crippen molar-refractivity contribution in [3.63, 3.8) is 0 Å². The molecule has 1 aliphatic rings. The fraction of sp³-hybridized carbons (Fsp3) is 0.786. The van der Waals surface area contributed by atoms with Gasteiger partial charge in [-0.3, -0.25) is 15.6 Å². The maximum Gasteiger partial charge on any atom is 0.315 e. The number of rotatable bonds is 5. The van der Waals surface area contributed by atoms with Gasteiger partial charge in [0.05, 0.1) is 0 Å². The Balaban J connectivity index is 2.06. The second-order valence-electron chi connectivity index (χ2n) is 5.79. The molecule has 126 valence electrons. The first-order valence-corrected chi connectivity index (χ1v) is 8.28. The SMILES string of the molecule is CC(C)NC(=S)NNC(=O)CCNC(=O)NC1CCCCC1. The average Bonchev–Trinajstić information content (AvgIpc) is 2.45. The van der Waals surface area contributed by atoms with E-state index in [2.05, 4.69) is 26.8 Å². The van der Waals surface area contributed by atoms with E-state index in [0.717, 1.165) is 12.8 Å². The largest absolute Gasteiger partial charge is 0.359 e. The summed E-state index contributed by atoms with van der Waals surface area (Å²) in [6.45, 7) is 4.19. The van der Waals surface area contributed by atoms with Crippen LogP contribution in [0.3, 0.4) is 0 Å². The monoisotopic (exact) mass is 329 g/mol. The van der Waals surface area contributed by atoms with E-state index >= 15 is 0 Å². The van der Waals surface area contributed by atoms with Crippen LogP contribution in [0.2, 0.25) is 0 Å². The van der Waals surface area contributed by atoms with Crippen molar-refractivity contribution in [2.75, 3.05) is 6.54 Å². The van der Waals surface area contributed by atoms with Crippen LogP contribution in [0.1, 0.15) is 52.4 Å². The van der Waals surface area contributed by atoms with Crippen molar-refractivity contribution in [1.82, 2.24) is 26.8 Å². The molecule has 0 aromatic carbocycles. The fourth-order valence-corrected chi connectivity index (χ4v) is 2.55. The van der Waals surface area contributed by atoms with Crippen molar-refractivity contribution in [3.8, 4) is 0 Å². The molecule has 0 aromatic rings. The molecular formula is C14H27N5O2S. The number of nitrogens with one attached hydrogen (secondary N) is 5. The van der Waals surface area contributed by atoms with E-state index in [9.17, 15) is 9.59 Å². The van der Waals surface area contributed by atoms with Gasteiger partial charge in [0.15, 0.2) is 5.11 Å². The highest BCUT2D eigenvalue weighted by Crippen LogP contribution is 2.16. The van der Waals surface area contributed by atoms with E-state index in [4.69, 9.17) is 12.2 Å². The third-order valence-electron chi connectivity index (χ3n) is 3.31. The van der Waals surface area contributed by atoms with Crippen molar-refractivity contribution in [2.45, 2.75) is 64.5 Å². The number of amides is 3. The highest BCUT2D eigenvalue weighted by atomic mass is 32.1. The minimum Gasteiger partial charge on any atom is -0.359 e. The maximum atomic E-state index is 11.7. The summed E-state index contributed by atoms with van der Waals surface area (Å²) < 4.78 is 0. The number of carbonyl (C=O) groups excluding carboxylic acids is 2. The molecule has 0 unspecified atom stereocenters. The molecule has 1 saturated carbocycles. The summed E-state index contributed by atoms with van der Waals surface area (Å²) in [6.07, 6.45) is 5.86. The van der Waals surface area contributed by atoms with Gasteiger partial charge < -0.3 is 16.0 Å². The molecule has 7 nitrogen and oxygen atoms in total. The van der Waals surface area contributed by atoms with Gasteiger partial charge in [-0.15, -0.1) is 0 Å². The summed E-state index contributed by atoms with van der Waals surface area (Å²) >= 11 is 4.98. The van der Waals surface area contributed by atoms with Gasteiger partial charge in [0.1, 0.15) is 0 Å². The molecule has 3 amide bonds. The number of thiocarbonyl (C=S) groups is 1. The number of carbonyl (C=O) groups is 2. The van der Waals surface area contributed by atoms with Gasteiger partial charge in [0, 0.05) is 25.0 Å². The second-order valence-corrected chi connectivity index (χ2v) is 6.19. The summed E-state index contributed by atoms with van der Waals surface area (Å²) in [7, 11) is 0. The van der Waals surface area contributed by atoms with Crippen LogP contribution in [0.5, 0.6) is 0 Å². The van der Waals surface area contributed by atoms with Crippen molar-refractivity contribution in [1.29, 1.82) is 0 Å². The van der Waals surface area contributed by atoms with E-state index in [1.165, 1.54) is 19.3 Å². The van der Waals surface area contributed by atoms with Gasteiger partial charge in [-0.25, -0.2) is 4.79 Å². The Morgan fingerprint density at radius 3 is 2.45 bits per heavy atom. The predicted octanol–water partition coefficient (Wildman–Crippen LogP) is 0.912. The van der Waals surface area contributed by atoms with Crippen LogP contribution in [-0.2, 0) is 4.79 Å². The number of hydrazine groups is 1. The first-order valence-electron chi connectivity index (χ1n) is 7.87. The van der Waals surface area contributed by atoms with Gasteiger partial charge in [-0.1, -0.05) is 19.3 Å². The zero-order valence-corrected chi connectivity index (χ0v) is 14.1. The molecule has 0 saturated heterocycles. The summed E-state index contributed by atoms with van der Waals surface area (Å²) in [4.78, 5) is 23.3. The second kappa shape index (κ2) is 10.2. The molecule has 0 aromatic heterocycles. The quantitative estimate of drug-likeness (QED) is 0.382. The van der Waals surface area contributed by atoms with Crippen LogP contribution < -0.4 is 26.8 Å². The summed E-state index contributed by atoms with van der Waals surface area (Å²) in [5.74, 6) is -0.231. The Labute approximate surface area is 137 Å². The molecule has 1 rings (SSSR count). The lowest BCUT2D eigenvalue weighted by Crippen LogP contribution is -2.49. The van der Waals surface area contributed by atoms with Crippen LogP contribution in [0.25, 0.3) is 0 Å². The van der Waals surface area contributed by atoms with Crippen LogP contribution in [0, 0.1) is 0 Å². The average molecular weight is 329 g/mol. The molecule has 0 heterocycles. The van der Waals surface area contributed by atoms with Crippen LogP contribution in [-0.4, -0.2) is 35.7 Å². The van der Waals surface area contributed by atoms with Gasteiger partial charge >= 0.3 is 6.03 Å². The lowest BCUT2D eigenvalue weighted by atomic mass is 9.96. The smallest absolute Gasteiger partial charge is 0.315 e. The molecule has 5 N–H and O–H groups in total. The molecular weight excluding hydrogens is 302 g/mol. The molecule has 1 aliphatic carbocycles. The number of hydrogen-bond acceptors (Lipinski definition) is 3. The minimum absolute atomic E-state index is 0.190. The van der Waals surface area contributed by atoms with Gasteiger partial charge in [0.25, 0.3) is 0 Å². The van der Waals surface area contributed by atoms with E-state index < -0.39 is 0 Å². The lowest BCUT2D eigenvalue weighted by Gasteiger charge is -2.22. The summed E-state index contributed by atoms with van der Waals surface area (Å²) in [6, 6.07) is 0.260. The summed E-state index contributed by atoms with van der Waals surface area (Å²) in [5.41, 5.74) is 5.09. The van der Waals surface area contributed by atoms with Crippen molar-refractivity contribution < 1.29 is 9.59 Å². The first kappa shape index (κ1) is 18.5. The van der Waals surface area contributed by atoms with E-state index in [-0.39, 0.29) is 37.0 Å². The number of urea groups is 1. The predicted molar refractivity (Wildman–Crippen MR) is 90.2 cm³/mol. The Bertz CT molecular complexity index is 383. The molecule has 8 heteroatoms. The highest BCUT2D eigenvalue weighted by Gasteiger charge is 2.15.